The Bertz CT molecular complexity index is 864. The molecule has 1 atom stereocenters. The van der Waals surface area contributed by atoms with Crippen LogP contribution < -0.4 is 16.6 Å². The summed E-state index contributed by atoms with van der Waals surface area (Å²) < 4.78 is 3.53. The third-order valence-electron chi connectivity index (χ3n) is 3.73. The van der Waals surface area contributed by atoms with Crippen LogP contribution in [0.4, 0.5) is 0 Å². The fourth-order valence-corrected chi connectivity index (χ4v) is 2.76. The fraction of sp³-hybridized carbons (Fsp3) is 0.571. The predicted molar refractivity (Wildman–Crippen MR) is 87.7 cm³/mol. The lowest BCUT2D eigenvalue weighted by Gasteiger charge is -2.13. The first-order valence-corrected chi connectivity index (χ1v) is 7.76. The summed E-state index contributed by atoms with van der Waals surface area (Å²) in [5.74, 6) is -0.261. The smallest absolute Gasteiger partial charge is 0.332 e. The number of imidazole rings is 1. The number of carbonyl (C=O) groups is 1. The highest BCUT2D eigenvalue weighted by Gasteiger charge is 2.20. The maximum absolute atomic E-state index is 12.3. The minimum absolute atomic E-state index is 0.00315. The molecule has 2 heterocycles. The summed E-state index contributed by atoms with van der Waals surface area (Å²) in [5.41, 5.74) is -0.725. The van der Waals surface area contributed by atoms with Crippen LogP contribution in [0, 0.1) is 0 Å². The van der Waals surface area contributed by atoms with Crippen molar-refractivity contribution in [2.24, 2.45) is 14.1 Å². The monoisotopic (exact) mass is 341 g/mol. The molecular weight excluding hydrogens is 322 g/mol. The van der Waals surface area contributed by atoms with Gasteiger partial charge in [0, 0.05) is 20.1 Å². The molecule has 0 aliphatic heterocycles. The SMILES string of the molecule is CCC[C@H](C)NC(=O)Cn1c(Cl)nc2c1c(=O)n(C)c(=O)n2C. The molecule has 0 radical (unpaired) electrons. The van der Waals surface area contributed by atoms with Crippen LogP contribution in [0.2, 0.25) is 5.28 Å². The molecule has 0 saturated heterocycles. The van der Waals surface area contributed by atoms with Crippen LogP contribution in [-0.2, 0) is 25.4 Å². The first kappa shape index (κ1) is 17.3. The van der Waals surface area contributed by atoms with Crippen molar-refractivity contribution in [1.82, 2.24) is 24.0 Å². The third kappa shape index (κ3) is 3.17. The second kappa shape index (κ2) is 6.57. The normalized spacial score (nSPS) is 12.6. The van der Waals surface area contributed by atoms with E-state index in [9.17, 15) is 14.4 Å². The number of nitrogens with zero attached hydrogens (tertiary/aromatic N) is 4. The molecule has 0 aliphatic carbocycles. The maximum Gasteiger partial charge on any atom is 0.332 e. The van der Waals surface area contributed by atoms with Crippen molar-refractivity contribution >= 4 is 28.7 Å². The van der Waals surface area contributed by atoms with E-state index in [0.29, 0.717) is 0 Å². The van der Waals surface area contributed by atoms with E-state index in [1.165, 1.54) is 23.2 Å². The minimum Gasteiger partial charge on any atom is -0.352 e. The van der Waals surface area contributed by atoms with Crippen molar-refractivity contribution < 1.29 is 4.79 Å². The van der Waals surface area contributed by atoms with Gasteiger partial charge in [-0.25, -0.2) is 4.79 Å². The first-order chi connectivity index (χ1) is 10.8. The second-order valence-electron chi connectivity index (χ2n) is 5.60. The summed E-state index contributed by atoms with van der Waals surface area (Å²) in [5, 5.41) is 2.84. The summed E-state index contributed by atoms with van der Waals surface area (Å²) in [6, 6.07) is 0.0354. The van der Waals surface area contributed by atoms with Crippen LogP contribution >= 0.6 is 11.6 Å². The van der Waals surface area contributed by atoms with Gasteiger partial charge in [0.25, 0.3) is 5.56 Å². The fourth-order valence-electron chi connectivity index (χ4n) is 2.53. The number of hydrogen-bond acceptors (Lipinski definition) is 4. The van der Waals surface area contributed by atoms with Crippen molar-refractivity contribution in [3.05, 3.63) is 26.1 Å². The Morgan fingerprint density at radius 2 is 1.96 bits per heavy atom. The second-order valence-corrected chi connectivity index (χ2v) is 5.94. The number of nitrogens with one attached hydrogen (secondary N) is 1. The van der Waals surface area contributed by atoms with Gasteiger partial charge in [-0.1, -0.05) is 13.3 Å². The number of rotatable bonds is 5. The molecule has 1 N–H and O–H groups in total. The van der Waals surface area contributed by atoms with Crippen molar-refractivity contribution in [2.45, 2.75) is 39.3 Å². The van der Waals surface area contributed by atoms with E-state index in [-0.39, 0.29) is 34.9 Å². The van der Waals surface area contributed by atoms with E-state index in [1.807, 2.05) is 13.8 Å². The Balaban J connectivity index is 2.46. The molecule has 0 bridgehead atoms. The molecule has 0 aliphatic rings. The highest BCUT2D eigenvalue weighted by Crippen LogP contribution is 2.15. The zero-order valence-electron chi connectivity index (χ0n) is 13.6. The van der Waals surface area contributed by atoms with Gasteiger partial charge < -0.3 is 5.32 Å². The molecule has 0 aromatic carbocycles. The molecule has 2 aromatic heterocycles. The third-order valence-corrected chi connectivity index (χ3v) is 4.02. The Morgan fingerprint density at radius 3 is 2.57 bits per heavy atom. The molecule has 9 heteroatoms. The van der Waals surface area contributed by atoms with Gasteiger partial charge >= 0.3 is 5.69 Å². The van der Waals surface area contributed by atoms with Crippen LogP contribution in [0.3, 0.4) is 0 Å². The molecule has 0 saturated carbocycles. The maximum atomic E-state index is 12.3. The highest BCUT2D eigenvalue weighted by atomic mass is 35.5. The zero-order valence-corrected chi connectivity index (χ0v) is 14.3. The molecule has 2 rings (SSSR count). The first-order valence-electron chi connectivity index (χ1n) is 7.39. The standard InChI is InChI=1S/C14H20ClN5O3/c1-5-6-8(2)16-9(21)7-20-10-11(17-13(20)15)18(3)14(23)19(4)12(10)22/h8H,5-7H2,1-4H3,(H,16,21)/t8-/m0/s1. The van der Waals surface area contributed by atoms with Crippen molar-refractivity contribution in [1.29, 1.82) is 0 Å². The molecule has 1 amide bonds. The lowest BCUT2D eigenvalue weighted by molar-refractivity contribution is -0.122. The van der Waals surface area contributed by atoms with E-state index < -0.39 is 11.2 Å². The van der Waals surface area contributed by atoms with E-state index in [4.69, 9.17) is 11.6 Å². The Labute approximate surface area is 137 Å². The van der Waals surface area contributed by atoms with Crippen LogP contribution in [0.1, 0.15) is 26.7 Å². The highest BCUT2D eigenvalue weighted by molar-refractivity contribution is 6.29. The Hall–Kier alpha value is -2.09. The molecule has 23 heavy (non-hydrogen) atoms. The van der Waals surface area contributed by atoms with Crippen LogP contribution in [0.15, 0.2) is 9.59 Å². The lowest BCUT2D eigenvalue weighted by Crippen LogP contribution is -2.39. The summed E-state index contributed by atoms with van der Waals surface area (Å²) in [7, 11) is 2.87. The molecule has 0 unspecified atom stereocenters. The van der Waals surface area contributed by atoms with E-state index in [0.717, 1.165) is 17.4 Å². The summed E-state index contributed by atoms with van der Waals surface area (Å²) >= 11 is 6.07. The van der Waals surface area contributed by atoms with E-state index in [2.05, 4.69) is 10.3 Å². The lowest BCUT2D eigenvalue weighted by atomic mass is 10.2. The number of aromatic nitrogens is 4. The number of halogens is 1. The van der Waals surface area contributed by atoms with Crippen molar-refractivity contribution in [2.75, 3.05) is 0 Å². The molecular formula is C14H20ClN5O3. The van der Waals surface area contributed by atoms with Crippen LogP contribution in [0.25, 0.3) is 11.2 Å². The number of amides is 1. The topological polar surface area (TPSA) is 90.9 Å². The van der Waals surface area contributed by atoms with Crippen LogP contribution in [-0.4, -0.2) is 30.6 Å². The van der Waals surface area contributed by atoms with Gasteiger partial charge in [0.2, 0.25) is 11.2 Å². The average Bonchev–Trinajstić information content (AvgIpc) is 2.80. The molecule has 0 fully saturated rings. The number of hydrogen-bond donors (Lipinski definition) is 1. The Kier molecular flexibility index (Phi) is 4.93. The van der Waals surface area contributed by atoms with Gasteiger partial charge in [-0.05, 0) is 24.9 Å². The van der Waals surface area contributed by atoms with Gasteiger partial charge in [0.15, 0.2) is 11.2 Å². The minimum atomic E-state index is -0.531. The summed E-state index contributed by atoms with van der Waals surface area (Å²) in [6.07, 6.45) is 1.82. The number of carbonyl (C=O) groups excluding carboxylic acids is 1. The van der Waals surface area contributed by atoms with E-state index >= 15 is 0 Å². The van der Waals surface area contributed by atoms with Crippen LogP contribution in [0.5, 0.6) is 0 Å². The summed E-state index contributed by atoms with van der Waals surface area (Å²) in [4.78, 5) is 40.4. The van der Waals surface area contributed by atoms with Crippen molar-refractivity contribution in [3.63, 3.8) is 0 Å². The number of fused-ring (bicyclic) bond motifs is 1. The van der Waals surface area contributed by atoms with Crippen molar-refractivity contribution in [3.8, 4) is 0 Å². The predicted octanol–water partition coefficient (Wildman–Crippen LogP) is 0.392. The largest absolute Gasteiger partial charge is 0.352 e. The zero-order chi connectivity index (χ0) is 17.3. The van der Waals surface area contributed by atoms with Gasteiger partial charge in [-0.2, -0.15) is 4.98 Å². The van der Waals surface area contributed by atoms with Gasteiger partial charge in [-0.15, -0.1) is 0 Å². The molecule has 8 nitrogen and oxygen atoms in total. The van der Waals surface area contributed by atoms with Gasteiger partial charge in [-0.3, -0.25) is 23.3 Å². The quantitative estimate of drug-likeness (QED) is 0.796. The van der Waals surface area contributed by atoms with Gasteiger partial charge in [0.1, 0.15) is 6.54 Å². The van der Waals surface area contributed by atoms with E-state index in [1.54, 1.807) is 0 Å². The molecule has 0 spiro atoms. The Morgan fingerprint density at radius 1 is 1.30 bits per heavy atom. The number of aryl methyl sites for hydroxylation is 1. The average molecular weight is 342 g/mol. The molecule has 126 valence electrons. The summed E-state index contributed by atoms with van der Waals surface area (Å²) in [6.45, 7) is 3.82. The van der Waals surface area contributed by atoms with Gasteiger partial charge in [0.05, 0.1) is 0 Å². The molecule has 2 aromatic rings.